The lowest BCUT2D eigenvalue weighted by Gasteiger charge is -2.35. The zero-order chi connectivity index (χ0) is 22.2. The molecule has 1 aliphatic heterocycles. The number of hydrogen-bond donors (Lipinski definition) is 0. The van der Waals surface area contributed by atoms with Gasteiger partial charge in [0.25, 0.3) is 5.91 Å². The fourth-order valence-corrected chi connectivity index (χ4v) is 3.69. The predicted molar refractivity (Wildman–Crippen MR) is 110 cm³/mol. The fraction of sp³-hybridized carbons (Fsp3) is 0.263. The largest absolute Gasteiger partial charge is 0.471 e. The lowest BCUT2D eigenvalue weighted by molar-refractivity contribution is -0.159. The van der Waals surface area contributed by atoms with Gasteiger partial charge in [-0.1, -0.05) is 32.7 Å². The summed E-state index contributed by atoms with van der Waals surface area (Å²) in [5.41, 5.74) is 0.742. The van der Waals surface area contributed by atoms with Crippen molar-refractivity contribution in [2.75, 3.05) is 31.1 Å². The Morgan fingerprint density at radius 2 is 1.87 bits per heavy atom. The van der Waals surface area contributed by atoms with Crippen LogP contribution < -0.4 is 4.90 Å². The second-order valence-corrected chi connectivity index (χ2v) is 8.05. The minimum absolute atomic E-state index is 0.146. The number of pyridine rings is 1. The summed E-state index contributed by atoms with van der Waals surface area (Å²) in [5.74, 6) is -1.10. The highest BCUT2D eigenvalue weighted by Gasteiger charge is 2.38. The minimum Gasteiger partial charge on any atom is -0.353 e. The predicted octanol–water partition coefficient (Wildman–Crippen LogP) is 4.53. The summed E-state index contributed by atoms with van der Waals surface area (Å²) in [6.07, 6.45) is -3.31. The molecule has 0 unspecified atom stereocenters. The summed E-state index contributed by atoms with van der Waals surface area (Å²) in [7, 11) is 0. The molecule has 1 aromatic carbocycles. The Morgan fingerprint density at radius 3 is 2.48 bits per heavy atom. The van der Waals surface area contributed by atoms with Crippen molar-refractivity contribution in [1.82, 2.24) is 20.0 Å². The lowest BCUT2D eigenvalue weighted by atomic mass is 10.1. The van der Waals surface area contributed by atoms with E-state index in [-0.39, 0.29) is 11.7 Å². The molecule has 0 bridgehead atoms. The van der Waals surface area contributed by atoms with Crippen LogP contribution >= 0.6 is 27.5 Å². The molecule has 0 radical (unpaired) electrons. The van der Waals surface area contributed by atoms with E-state index in [9.17, 15) is 18.0 Å². The maximum atomic E-state index is 12.8. The van der Waals surface area contributed by atoms with Crippen molar-refractivity contribution >= 4 is 39.3 Å². The number of hydrogen-bond acceptors (Lipinski definition) is 6. The SMILES string of the molecule is O=C(c1cc(Br)ccc1Cl)N1CCN(c2ccc(-c3noc(C(F)(F)F)n3)cn2)CC1. The minimum atomic E-state index is -4.70. The number of halogens is 5. The van der Waals surface area contributed by atoms with Crippen LogP contribution in [0.3, 0.4) is 0 Å². The Hall–Kier alpha value is -2.66. The molecule has 7 nitrogen and oxygen atoms in total. The Morgan fingerprint density at radius 1 is 1.13 bits per heavy atom. The summed E-state index contributed by atoms with van der Waals surface area (Å²) < 4.78 is 42.8. The highest BCUT2D eigenvalue weighted by atomic mass is 79.9. The quantitative estimate of drug-likeness (QED) is 0.509. The zero-order valence-corrected chi connectivity index (χ0v) is 18.1. The topological polar surface area (TPSA) is 75.4 Å². The van der Waals surface area contributed by atoms with Gasteiger partial charge in [-0.2, -0.15) is 18.2 Å². The first kappa shape index (κ1) is 21.6. The van der Waals surface area contributed by atoms with Crippen molar-refractivity contribution in [3.8, 4) is 11.4 Å². The van der Waals surface area contributed by atoms with Crippen molar-refractivity contribution in [3.63, 3.8) is 0 Å². The molecule has 2 aromatic heterocycles. The van der Waals surface area contributed by atoms with E-state index in [0.717, 1.165) is 4.47 Å². The number of carbonyl (C=O) groups is 1. The average molecular weight is 517 g/mol. The van der Waals surface area contributed by atoms with Gasteiger partial charge in [-0.15, -0.1) is 0 Å². The third-order valence-electron chi connectivity index (χ3n) is 4.72. The number of nitrogens with zero attached hydrogens (tertiary/aromatic N) is 5. The number of aromatic nitrogens is 3. The van der Waals surface area contributed by atoms with Crippen LogP contribution in [0.5, 0.6) is 0 Å². The smallest absolute Gasteiger partial charge is 0.353 e. The maximum absolute atomic E-state index is 12.8. The number of benzene rings is 1. The molecule has 4 rings (SSSR count). The molecule has 31 heavy (non-hydrogen) atoms. The van der Waals surface area contributed by atoms with Gasteiger partial charge < -0.3 is 14.3 Å². The van der Waals surface area contributed by atoms with Crippen molar-refractivity contribution in [2.45, 2.75) is 6.18 Å². The van der Waals surface area contributed by atoms with Gasteiger partial charge in [0.1, 0.15) is 5.82 Å². The molecule has 1 aliphatic rings. The van der Waals surface area contributed by atoms with Crippen molar-refractivity contribution in [2.24, 2.45) is 0 Å². The van der Waals surface area contributed by atoms with E-state index in [2.05, 4.69) is 35.6 Å². The first-order chi connectivity index (χ1) is 14.7. The van der Waals surface area contributed by atoms with Gasteiger partial charge in [-0.25, -0.2) is 4.98 Å². The molecule has 1 saturated heterocycles. The van der Waals surface area contributed by atoms with Crippen molar-refractivity contribution in [3.05, 3.63) is 57.5 Å². The van der Waals surface area contributed by atoms with Crippen LogP contribution in [0, 0.1) is 0 Å². The summed E-state index contributed by atoms with van der Waals surface area (Å²) >= 11 is 9.50. The molecule has 1 amide bonds. The molecular formula is C19H14BrClF3N5O2. The van der Waals surface area contributed by atoms with E-state index in [4.69, 9.17) is 11.6 Å². The van der Waals surface area contributed by atoms with Gasteiger partial charge in [0.15, 0.2) is 0 Å². The number of piperazine rings is 1. The molecule has 0 spiro atoms. The second-order valence-electron chi connectivity index (χ2n) is 6.73. The molecule has 12 heteroatoms. The van der Waals surface area contributed by atoms with Crippen molar-refractivity contribution < 1.29 is 22.5 Å². The standard InChI is InChI=1S/C19H14BrClF3N5O2/c20-12-2-3-14(21)13(9-12)17(30)29-7-5-28(6-8-29)15-4-1-11(10-25-15)16-26-18(31-27-16)19(22,23)24/h1-4,9-10H,5-8H2. The molecule has 1 fully saturated rings. The van der Waals surface area contributed by atoms with E-state index in [0.29, 0.717) is 48.1 Å². The van der Waals surface area contributed by atoms with Gasteiger partial charge >= 0.3 is 12.1 Å². The monoisotopic (exact) mass is 515 g/mol. The van der Waals surface area contributed by atoms with E-state index < -0.39 is 12.1 Å². The normalized spacial score (nSPS) is 14.7. The van der Waals surface area contributed by atoms with Gasteiger partial charge in [-0.3, -0.25) is 4.79 Å². The summed E-state index contributed by atoms with van der Waals surface area (Å²) in [6.45, 7) is 2.05. The van der Waals surface area contributed by atoms with Crippen LogP contribution in [0.2, 0.25) is 5.02 Å². The van der Waals surface area contributed by atoms with E-state index in [1.54, 1.807) is 35.2 Å². The maximum Gasteiger partial charge on any atom is 0.471 e. The number of anilines is 1. The van der Waals surface area contributed by atoms with Crippen molar-refractivity contribution in [1.29, 1.82) is 0 Å². The Kier molecular flexibility index (Phi) is 5.89. The molecular weight excluding hydrogens is 503 g/mol. The van der Waals surface area contributed by atoms with Crippen LogP contribution in [0.25, 0.3) is 11.4 Å². The van der Waals surface area contributed by atoms with Crippen LogP contribution in [0.15, 0.2) is 45.5 Å². The summed E-state index contributed by atoms with van der Waals surface area (Å²) in [5, 5.41) is 3.74. The molecule has 3 aromatic rings. The lowest BCUT2D eigenvalue weighted by Crippen LogP contribution is -2.49. The zero-order valence-electron chi connectivity index (χ0n) is 15.7. The molecule has 0 aliphatic carbocycles. The molecule has 0 N–H and O–H groups in total. The van der Waals surface area contributed by atoms with E-state index in [1.165, 1.54) is 6.20 Å². The third-order valence-corrected chi connectivity index (χ3v) is 5.55. The average Bonchev–Trinajstić information content (AvgIpc) is 3.26. The van der Waals surface area contributed by atoms with Gasteiger partial charge in [0.05, 0.1) is 10.6 Å². The summed E-state index contributed by atoms with van der Waals surface area (Å²) in [4.78, 5) is 24.1. The Labute approximate surface area is 187 Å². The van der Waals surface area contributed by atoms with Crippen LogP contribution in [-0.4, -0.2) is 52.1 Å². The highest BCUT2D eigenvalue weighted by Crippen LogP contribution is 2.29. The fourth-order valence-electron chi connectivity index (χ4n) is 3.13. The third kappa shape index (κ3) is 4.67. The first-order valence-electron chi connectivity index (χ1n) is 9.09. The summed E-state index contributed by atoms with van der Waals surface area (Å²) in [6, 6.07) is 8.38. The number of alkyl halides is 3. The Balaban J connectivity index is 1.40. The van der Waals surface area contributed by atoms with Gasteiger partial charge in [0.2, 0.25) is 5.82 Å². The van der Waals surface area contributed by atoms with Gasteiger partial charge in [-0.05, 0) is 30.3 Å². The van der Waals surface area contributed by atoms with Crippen LogP contribution in [0.1, 0.15) is 16.2 Å². The molecule has 0 saturated carbocycles. The second kappa shape index (κ2) is 8.46. The highest BCUT2D eigenvalue weighted by molar-refractivity contribution is 9.10. The number of amides is 1. The first-order valence-corrected chi connectivity index (χ1v) is 10.3. The molecule has 162 valence electrons. The van der Waals surface area contributed by atoms with Crippen LogP contribution in [0.4, 0.5) is 19.0 Å². The number of carbonyl (C=O) groups excluding carboxylic acids is 1. The number of rotatable bonds is 3. The Bertz CT molecular complexity index is 1100. The van der Waals surface area contributed by atoms with Gasteiger partial charge in [0, 0.05) is 42.4 Å². The van der Waals surface area contributed by atoms with Crippen LogP contribution in [-0.2, 0) is 6.18 Å². The molecule has 0 atom stereocenters. The van der Waals surface area contributed by atoms with E-state index >= 15 is 0 Å². The molecule has 3 heterocycles. The van der Waals surface area contributed by atoms with E-state index in [1.807, 2.05) is 4.90 Å².